The van der Waals surface area contributed by atoms with Crippen molar-refractivity contribution in [3.63, 3.8) is 0 Å². The minimum atomic E-state index is -0.866. The van der Waals surface area contributed by atoms with Crippen LogP contribution in [-0.2, 0) is 0 Å². The average Bonchev–Trinajstić information content (AvgIpc) is 3.10. The van der Waals surface area contributed by atoms with E-state index < -0.39 is 24.4 Å². The van der Waals surface area contributed by atoms with Gasteiger partial charge in [0.15, 0.2) is 0 Å². The Hall–Kier alpha value is -2.58. The molecule has 0 spiro atoms. The van der Waals surface area contributed by atoms with E-state index in [1.54, 1.807) is 0 Å². The van der Waals surface area contributed by atoms with Crippen LogP contribution in [0.4, 0.5) is 4.39 Å². The predicted molar refractivity (Wildman–Crippen MR) is 91.1 cm³/mol. The highest BCUT2D eigenvalue weighted by atomic mass is 79.9. The molecule has 3 aromatic rings. The number of amides is 1. The third-order valence-electron chi connectivity index (χ3n) is 3.44. The number of hydrogen-bond acceptors (Lipinski definition) is 5. The molecule has 1 atom stereocenters. The molecule has 2 aromatic carbocycles. The number of halogens is 2. The quantitative estimate of drug-likeness (QED) is 0.680. The van der Waals surface area contributed by atoms with Gasteiger partial charge in [0.05, 0.1) is 6.61 Å². The second kappa shape index (κ2) is 7.54. The van der Waals surface area contributed by atoms with Gasteiger partial charge in [-0.1, -0.05) is 21.1 Å². The number of benzene rings is 2. The number of nitrogens with one attached hydrogen (secondary N) is 1. The highest BCUT2D eigenvalue weighted by molar-refractivity contribution is 9.10. The van der Waals surface area contributed by atoms with Gasteiger partial charge in [0.2, 0.25) is 5.82 Å². The number of aromatic nitrogens is 2. The molecule has 0 aliphatic heterocycles. The maximum atomic E-state index is 12.9. The van der Waals surface area contributed by atoms with E-state index in [1.165, 1.54) is 24.3 Å². The zero-order valence-corrected chi connectivity index (χ0v) is 14.4. The third kappa shape index (κ3) is 4.09. The van der Waals surface area contributed by atoms with Crippen LogP contribution in [0.2, 0.25) is 0 Å². The summed E-state index contributed by atoms with van der Waals surface area (Å²) in [5, 5.41) is 16.0. The number of aliphatic hydroxyl groups is 1. The molecule has 0 radical (unpaired) electrons. The number of carbonyl (C=O) groups excluding carboxylic acids is 1. The van der Waals surface area contributed by atoms with Gasteiger partial charge in [0, 0.05) is 15.6 Å². The van der Waals surface area contributed by atoms with Gasteiger partial charge >= 0.3 is 0 Å². The maximum Gasteiger partial charge on any atom is 0.251 e. The SMILES string of the molecule is O=C(N[C@@H](CO)c1nc(-c2ccc(Br)cc2)no1)c1ccc(F)cc1. The van der Waals surface area contributed by atoms with E-state index in [0.717, 1.165) is 10.0 Å². The number of nitrogens with zero attached hydrogens (tertiary/aromatic N) is 2. The van der Waals surface area contributed by atoms with Crippen molar-refractivity contribution in [3.8, 4) is 11.4 Å². The Morgan fingerprint density at radius 1 is 1.20 bits per heavy atom. The predicted octanol–water partition coefficient (Wildman–Crippen LogP) is 3.10. The molecule has 2 N–H and O–H groups in total. The summed E-state index contributed by atoms with van der Waals surface area (Å²) >= 11 is 3.34. The van der Waals surface area contributed by atoms with Crippen LogP contribution >= 0.6 is 15.9 Å². The lowest BCUT2D eigenvalue weighted by atomic mass is 10.2. The van der Waals surface area contributed by atoms with Crippen molar-refractivity contribution in [2.75, 3.05) is 6.61 Å². The number of aliphatic hydroxyl groups excluding tert-OH is 1. The molecule has 1 aromatic heterocycles. The van der Waals surface area contributed by atoms with E-state index in [-0.39, 0.29) is 11.5 Å². The molecule has 0 saturated heterocycles. The normalized spacial score (nSPS) is 12.0. The number of carbonyl (C=O) groups is 1. The van der Waals surface area contributed by atoms with Crippen LogP contribution in [0.25, 0.3) is 11.4 Å². The summed E-state index contributed by atoms with van der Waals surface area (Å²) in [6.45, 7) is -0.422. The molecule has 0 saturated carbocycles. The van der Waals surface area contributed by atoms with E-state index in [4.69, 9.17) is 4.52 Å². The molecule has 6 nitrogen and oxygen atoms in total. The second-order valence-electron chi connectivity index (χ2n) is 5.18. The van der Waals surface area contributed by atoms with Gasteiger partial charge in [-0.25, -0.2) is 4.39 Å². The molecule has 1 heterocycles. The van der Waals surface area contributed by atoms with Crippen molar-refractivity contribution in [1.82, 2.24) is 15.5 Å². The second-order valence-corrected chi connectivity index (χ2v) is 6.09. The molecule has 0 aliphatic carbocycles. The summed E-state index contributed by atoms with van der Waals surface area (Å²) in [4.78, 5) is 16.4. The van der Waals surface area contributed by atoms with Crippen molar-refractivity contribution in [2.24, 2.45) is 0 Å². The molecule has 8 heteroatoms. The first-order valence-electron chi connectivity index (χ1n) is 7.33. The van der Waals surface area contributed by atoms with E-state index in [9.17, 15) is 14.3 Å². The Kier molecular flexibility index (Phi) is 5.20. The zero-order valence-electron chi connectivity index (χ0n) is 12.8. The zero-order chi connectivity index (χ0) is 17.8. The van der Waals surface area contributed by atoms with Gasteiger partial charge < -0.3 is 14.9 Å². The Morgan fingerprint density at radius 3 is 2.52 bits per heavy atom. The van der Waals surface area contributed by atoms with Gasteiger partial charge in [-0.05, 0) is 48.5 Å². The van der Waals surface area contributed by atoms with E-state index in [2.05, 4.69) is 31.4 Å². The summed E-state index contributed by atoms with van der Waals surface area (Å²) in [5.41, 5.74) is 0.993. The first kappa shape index (κ1) is 17.2. The van der Waals surface area contributed by atoms with E-state index in [0.29, 0.717) is 5.82 Å². The van der Waals surface area contributed by atoms with Crippen molar-refractivity contribution in [3.05, 3.63) is 70.3 Å². The fourth-order valence-electron chi connectivity index (χ4n) is 2.12. The van der Waals surface area contributed by atoms with Crippen molar-refractivity contribution in [1.29, 1.82) is 0 Å². The largest absolute Gasteiger partial charge is 0.394 e. The molecule has 3 rings (SSSR count). The van der Waals surface area contributed by atoms with Crippen LogP contribution in [0.1, 0.15) is 22.3 Å². The number of rotatable bonds is 5. The molecular weight excluding hydrogens is 393 g/mol. The summed E-state index contributed by atoms with van der Waals surface area (Å²) in [7, 11) is 0. The summed E-state index contributed by atoms with van der Waals surface area (Å²) < 4.78 is 19.0. The molecule has 0 bridgehead atoms. The van der Waals surface area contributed by atoms with Crippen LogP contribution < -0.4 is 5.32 Å². The van der Waals surface area contributed by atoms with E-state index >= 15 is 0 Å². The molecule has 25 heavy (non-hydrogen) atoms. The van der Waals surface area contributed by atoms with Gasteiger partial charge in [-0.2, -0.15) is 4.98 Å². The lowest BCUT2D eigenvalue weighted by molar-refractivity contribution is 0.0901. The summed E-state index contributed by atoms with van der Waals surface area (Å²) in [6.07, 6.45) is 0. The Morgan fingerprint density at radius 2 is 1.88 bits per heavy atom. The minimum absolute atomic E-state index is 0.0795. The van der Waals surface area contributed by atoms with Gasteiger partial charge in [0.1, 0.15) is 11.9 Å². The maximum absolute atomic E-state index is 12.9. The molecule has 0 unspecified atom stereocenters. The standard InChI is InChI=1S/C17H13BrFN3O3/c18-12-5-1-10(2-6-12)15-21-17(25-22-15)14(9-23)20-16(24)11-3-7-13(19)8-4-11/h1-8,14,23H,9H2,(H,20,24)/t14-/m0/s1. The minimum Gasteiger partial charge on any atom is -0.394 e. The molecule has 0 fully saturated rings. The number of hydrogen-bond donors (Lipinski definition) is 2. The van der Waals surface area contributed by atoms with Crippen LogP contribution in [0.15, 0.2) is 57.5 Å². The highest BCUT2D eigenvalue weighted by Gasteiger charge is 2.21. The van der Waals surface area contributed by atoms with Crippen LogP contribution in [0, 0.1) is 5.82 Å². The van der Waals surface area contributed by atoms with Crippen molar-refractivity contribution >= 4 is 21.8 Å². The average molecular weight is 406 g/mol. The van der Waals surface area contributed by atoms with Crippen LogP contribution in [0.3, 0.4) is 0 Å². The highest BCUT2D eigenvalue weighted by Crippen LogP contribution is 2.21. The van der Waals surface area contributed by atoms with Crippen molar-refractivity contribution < 1.29 is 18.8 Å². The smallest absolute Gasteiger partial charge is 0.251 e. The Bertz CT molecular complexity index is 866. The lowest BCUT2D eigenvalue weighted by Gasteiger charge is -2.12. The molecule has 0 aliphatic rings. The molecule has 1 amide bonds. The fourth-order valence-corrected chi connectivity index (χ4v) is 2.39. The fraction of sp³-hybridized carbons (Fsp3) is 0.118. The first-order valence-corrected chi connectivity index (χ1v) is 8.13. The van der Waals surface area contributed by atoms with Gasteiger partial charge in [-0.15, -0.1) is 0 Å². The first-order chi connectivity index (χ1) is 12.1. The topological polar surface area (TPSA) is 88.2 Å². The van der Waals surface area contributed by atoms with Crippen LogP contribution in [0.5, 0.6) is 0 Å². The van der Waals surface area contributed by atoms with Crippen molar-refractivity contribution in [2.45, 2.75) is 6.04 Å². The molecular formula is C17H13BrFN3O3. The van der Waals surface area contributed by atoms with Crippen LogP contribution in [-0.4, -0.2) is 27.8 Å². The monoisotopic (exact) mass is 405 g/mol. The Balaban J connectivity index is 1.76. The van der Waals surface area contributed by atoms with E-state index in [1.807, 2.05) is 24.3 Å². The van der Waals surface area contributed by atoms with Gasteiger partial charge in [-0.3, -0.25) is 4.79 Å². The summed E-state index contributed by atoms with van der Waals surface area (Å²) in [5.74, 6) is -0.499. The summed E-state index contributed by atoms with van der Waals surface area (Å²) in [6, 6.07) is 11.5. The third-order valence-corrected chi connectivity index (χ3v) is 3.97. The van der Waals surface area contributed by atoms with Gasteiger partial charge in [0.25, 0.3) is 11.8 Å². The Labute approximate surface area is 150 Å². The lowest BCUT2D eigenvalue weighted by Crippen LogP contribution is -2.31. The molecule has 128 valence electrons.